The molecule has 0 spiro atoms. The van der Waals surface area contributed by atoms with Crippen molar-refractivity contribution in [3.05, 3.63) is 34.1 Å². The van der Waals surface area contributed by atoms with Crippen LogP contribution in [0.1, 0.15) is 36.0 Å². The number of rotatable bonds is 4. The lowest BCUT2D eigenvalue weighted by atomic mass is 10.2. The number of hydrogen-bond donors (Lipinski definition) is 1. The Bertz CT molecular complexity index is 410. The minimum atomic E-state index is -0.144. The van der Waals surface area contributed by atoms with Crippen LogP contribution in [0.15, 0.2) is 22.0 Å². The topological polar surface area (TPSA) is 64.9 Å². The first-order valence-electron chi connectivity index (χ1n) is 4.90. The summed E-state index contributed by atoms with van der Waals surface area (Å²) in [5, 5.41) is 5.94. The molecule has 0 aliphatic carbocycles. The maximum absolute atomic E-state index is 5.79. The molecule has 0 amide bonds. The molecule has 4 nitrogen and oxygen atoms in total. The Hall–Kier alpha value is -1.20. The van der Waals surface area contributed by atoms with Crippen molar-refractivity contribution in [1.29, 1.82) is 0 Å². The summed E-state index contributed by atoms with van der Waals surface area (Å²) in [6.07, 6.45) is 1.53. The summed E-state index contributed by atoms with van der Waals surface area (Å²) in [5.74, 6) is 1.24. The summed E-state index contributed by atoms with van der Waals surface area (Å²) in [4.78, 5) is 5.49. The molecule has 2 heterocycles. The van der Waals surface area contributed by atoms with Crippen LogP contribution in [0.4, 0.5) is 0 Å². The van der Waals surface area contributed by atoms with E-state index in [1.165, 1.54) is 4.88 Å². The number of nitrogens with zero attached hydrogens (tertiary/aromatic N) is 2. The van der Waals surface area contributed by atoms with Gasteiger partial charge < -0.3 is 10.3 Å². The third-order valence-corrected chi connectivity index (χ3v) is 3.03. The van der Waals surface area contributed by atoms with E-state index >= 15 is 0 Å². The van der Waals surface area contributed by atoms with Gasteiger partial charge in [-0.25, -0.2) is 0 Å². The molecule has 0 aliphatic heterocycles. The van der Waals surface area contributed by atoms with Crippen LogP contribution >= 0.6 is 11.3 Å². The minimum Gasteiger partial charge on any atom is -0.338 e. The van der Waals surface area contributed by atoms with Gasteiger partial charge in [0.25, 0.3) is 0 Å². The van der Waals surface area contributed by atoms with Gasteiger partial charge in [0.1, 0.15) is 0 Å². The van der Waals surface area contributed by atoms with Crippen LogP contribution in [0.2, 0.25) is 0 Å². The van der Waals surface area contributed by atoms with Gasteiger partial charge >= 0.3 is 0 Å². The minimum absolute atomic E-state index is 0.144. The van der Waals surface area contributed by atoms with Crippen LogP contribution in [-0.2, 0) is 6.42 Å². The highest BCUT2D eigenvalue weighted by molar-refractivity contribution is 7.09. The molecule has 0 fully saturated rings. The van der Waals surface area contributed by atoms with Gasteiger partial charge in [0, 0.05) is 11.3 Å². The zero-order chi connectivity index (χ0) is 10.7. The highest BCUT2D eigenvalue weighted by Crippen LogP contribution is 2.15. The van der Waals surface area contributed by atoms with Crippen LogP contribution in [0.5, 0.6) is 0 Å². The first-order chi connectivity index (χ1) is 7.29. The van der Waals surface area contributed by atoms with E-state index in [4.69, 9.17) is 10.3 Å². The fourth-order valence-electron chi connectivity index (χ4n) is 1.23. The summed E-state index contributed by atoms with van der Waals surface area (Å²) >= 11 is 1.69. The smallest absolute Gasteiger partial charge is 0.243 e. The van der Waals surface area contributed by atoms with Crippen molar-refractivity contribution in [2.45, 2.75) is 25.8 Å². The van der Waals surface area contributed by atoms with Gasteiger partial charge in [-0.2, -0.15) is 4.98 Å². The highest BCUT2D eigenvalue weighted by atomic mass is 32.1. The van der Waals surface area contributed by atoms with E-state index in [2.05, 4.69) is 16.2 Å². The van der Waals surface area contributed by atoms with Gasteiger partial charge in [-0.1, -0.05) is 18.1 Å². The monoisotopic (exact) mass is 223 g/mol. The van der Waals surface area contributed by atoms with Crippen LogP contribution in [0.25, 0.3) is 0 Å². The third kappa shape index (κ3) is 2.43. The van der Waals surface area contributed by atoms with Gasteiger partial charge in [-0.05, 0) is 17.9 Å². The Morgan fingerprint density at radius 2 is 2.47 bits per heavy atom. The second-order valence-electron chi connectivity index (χ2n) is 3.32. The van der Waals surface area contributed by atoms with Crippen molar-refractivity contribution in [2.75, 3.05) is 0 Å². The average molecular weight is 223 g/mol. The molecular formula is C10H13N3OS. The predicted octanol–water partition coefficient (Wildman–Crippen LogP) is 2.13. The van der Waals surface area contributed by atoms with Crippen molar-refractivity contribution in [1.82, 2.24) is 10.1 Å². The van der Waals surface area contributed by atoms with E-state index in [1.54, 1.807) is 11.3 Å². The molecule has 2 N–H and O–H groups in total. The highest BCUT2D eigenvalue weighted by Gasteiger charge is 2.12. The average Bonchev–Trinajstić information content (AvgIpc) is 2.88. The lowest BCUT2D eigenvalue weighted by Gasteiger charge is -1.98. The van der Waals surface area contributed by atoms with Crippen molar-refractivity contribution in [2.24, 2.45) is 5.73 Å². The molecule has 1 unspecified atom stereocenters. The van der Waals surface area contributed by atoms with Gasteiger partial charge in [0.05, 0.1) is 6.04 Å². The maximum atomic E-state index is 5.79. The first-order valence-corrected chi connectivity index (χ1v) is 5.78. The summed E-state index contributed by atoms with van der Waals surface area (Å²) in [7, 11) is 0. The quantitative estimate of drug-likeness (QED) is 0.862. The lowest BCUT2D eigenvalue weighted by molar-refractivity contribution is 0.349. The summed E-state index contributed by atoms with van der Waals surface area (Å²) in [6, 6.07) is 3.92. The Labute approximate surface area is 92.1 Å². The summed E-state index contributed by atoms with van der Waals surface area (Å²) < 4.78 is 5.08. The maximum Gasteiger partial charge on any atom is 0.243 e. The summed E-state index contributed by atoms with van der Waals surface area (Å²) in [5.41, 5.74) is 5.79. The van der Waals surface area contributed by atoms with Crippen LogP contribution < -0.4 is 5.73 Å². The fraction of sp³-hybridized carbons (Fsp3) is 0.400. The lowest BCUT2D eigenvalue weighted by Crippen LogP contribution is -2.08. The zero-order valence-corrected chi connectivity index (χ0v) is 9.33. The Morgan fingerprint density at radius 1 is 1.60 bits per heavy atom. The first kappa shape index (κ1) is 10.3. The molecule has 15 heavy (non-hydrogen) atoms. The fourth-order valence-corrected chi connectivity index (χ4v) is 1.94. The molecule has 2 aromatic rings. The van der Waals surface area contributed by atoms with Crippen molar-refractivity contribution in [3.63, 3.8) is 0 Å². The molecule has 0 saturated heterocycles. The van der Waals surface area contributed by atoms with E-state index in [0.717, 1.165) is 12.8 Å². The zero-order valence-electron chi connectivity index (χ0n) is 8.51. The molecule has 2 aromatic heterocycles. The standard InChI is InChI=1S/C10H13N3OS/c1-2-8(11)10-12-9(13-14-10)6-7-4-3-5-15-7/h3-5,8H,2,6,11H2,1H3. The van der Waals surface area contributed by atoms with Crippen LogP contribution in [-0.4, -0.2) is 10.1 Å². The molecule has 5 heteroatoms. The normalized spacial score (nSPS) is 12.9. The van der Waals surface area contributed by atoms with E-state index in [-0.39, 0.29) is 6.04 Å². The van der Waals surface area contributed by atoms with Crippen LogP contribution in [0, 0.1) is 0 Å². The Kier molecular flexibility index (Phi) is 3.13. The van der Waals surface area contributed by atoms with Crippen molar-refractivity contribution >= 4 is 11.3 Å². The molecular weight excluding hydrogens is 210 g/mol. The van der Waals surface area contributed by atoms with Crippen molar-refractivity contribution < 1.29 is 4.52 Å². The number of hydrogen-bond acceptors (Lipinski definition) is 5. The molecule has 0 bridgehead atoms. The van der Waals surface area contributed by atoms with Gasteiger partial charge in [-0.15, -0.1) is 11.3 Å². The van der Waals surface area contributed by atoms with E-state index in [9.17, 15) is 0 Å². The molecule has 0 aliphatic rings. The molecule has 1 atom stereocenters. The van der Waals surface area contributed by atoms with Gasteiger partial charge in [0.15, 0.2) is 5.82 Å². The summed E-state index contributed by atoms with van der Waals surface area (Å²) in [6.45, 7) is 1.99. The van der Waals surface area contributed by atoms with E-state index in [0.29, 0.717) is 11.7 Å². The predicted molar refractivity (Wildman–Crippen MR) is 58.6 cm³/mol. The van der Waals surface area contributed by atoms with Crippen LogP contribution in [0.3, 0.4) is 0 Å². The Balaban J connectivity index is 2.07. The third-order valence-electron chi connectivity index (χ3n) is 2.15. The molecule has 2 rings (SSSR count). The van der Waals surface area contributed by atoms with Gasteiger partial charge in [0.2, 0.25) is 5.89 Å². The van der Waals surface area contributed by atoms with E-state index in [1.807, 2.05) is 18.4 Å². The number of nitrogens with two attached hydrogens (primary N) is 1. The van der Waals surface area contributed by atoms with Gasteiger partial charge in [-0.3, -0.25) is 0 Å². The molecule has 0 saturated carbocycles. The number of thiophene rings is 1. The number of aromatic nitrogens is 2. The second kappa shape index (κ2) is 4.55. The molecule has 0 radical (unpaired) electrons. The largest absolute Gasteiger partial charge is 0.338 e. The van der Waals surface area contributed by atoms with E-state index < -0.39 is 0 Å². The van der Waals surface area contributed by atoms with Crippen molar-refractivity contribution in [3.8, 4) is 0 Å². The molecule has 0 aromatic carbocycles. The SMILES string of the molecule is CCC(N)c1nc(Cc2cccs2)no1. The Morgan fingerprint density at radius 3 is 3.13 bits per heavy atom. The second-order valence-corrected chi connectivity index (χ2v) is 4.35. The molecule has 80 valence electrons.